The predicted molar refractivity (Wildman–Crippen MR) is 49.4 cm³/mol. The Bertz CT molecular complexity index is 248. The zero-order valence-corrected chi connectivity index (χ0v) is 8.27. The summed E-state index contributed by atoms with van der Waals surface area (Å²) in [6, 6.07) is 2.07. The second-order valence-electron chi connectivity index (χ2n) is 2.46. The van der Waals surface area contributed by atoms with Crippen molar-refractivity contribution in [2.24, 2.45) is 0 Å². The lowest BCUT2D eigenvalue weighted by atomic mass is 10.2. The van der Waals surface area contributed by atoms with Crippen molar-refractivity contribution in [2.45, 2.75) is 13.5 Å². The number of halogens is 1. The molecule has 0 saturated carbocycles. The van der Waals surface area contributed by atoms with Gasteiger partial charge in [-0.1, -0.05) is 0 Å². The van der Waals surface area contributed by atoms with Crippen LogP contribution in [0, 0.1) is 6.92 Å². The normalized spacial score (nSPS) is 10.1. The minimum atomic E-state index is 0.828. The molecule has 1 aromatic rings. The summed E-state index contributed by atoms with van der Waals surface area (Å²) in [6.07, 6.45) is 1.84. The number of rotatable bonds is 2. The molecule has 2 nitrogen and oxygen atoms in total. The van der Waals surface area contributed by atoms with E-state index in [1.54, 1.807) is 0 Å². The molecular weight excluding hydrogens is 204 g/mol. The Balaban J connectivity index is 2.86. The van der Waals surface area contributed by atoms with E-state index >= 15 is 0 Å². The quantitative estimate of drug-likeness (QED) is 0.814. The van der Waals surface area contributed by atoms with Crippen LogP contribution in [0.2, 0.25) is 0 Å². The number of nitrogens with zero attached hydrogens (tertiary/aromatic N) is 1. The molecule has 0 unspecified atom stereocenters. The standard InChI is InChI=1S/C8H11BrN2/c1-6-3-7(4-10-2)11-5-8(6)9/h3,5,10H,4H2,1-2H3. The van der Waals surface area contributed by atoms with Crippen molar-refractivity contribution in [1.29, 1.82) is 0 Å². The van der Waals surface area contributed by atoms with Crippen molar-refractivity contribution >= 4 is 15.9 Å². The van der Waals surface area contributed by atoms with Gasteiger partial charge in [-0.05, 0) is 41.5 Å². The van der Waals surface area contributed by atoms with Gasteiger partial charge in [-0.2, -0.15) is 0 Å². The summed E-state index contributed by atoms with van der Waals surface area (Å²) in [5.74, 6) is 0. The van der Waals surface area contributed by atoms with E-state index < -0.39 is 0 Å². The molecule has 60 valence electrons. The molecule has 0 aliphatic heterocycles. The summed E-state index contributed by atoms with van der Waals surface area (Å²) in [4.78, 5) is 4.22. The van der Waals surface area contributed by atoms with Crippen molar-refractivity contribution in [1.82, 2.24) is 10.3 Å². The van der Waals surface area contributed by atoms with Crippen LogP contribution in [0.15, 0.2) is 16.7 Å². The fourth-order valence-electron chi connectivity index (χ4n) is 0.875. The Kier molecular flexibility index (Phi) is 3.02. The SMILES string of the molecule is CNCc1cc(C)c(Br)cn1. The van der Waals surface area contributed by atoms with E-state index in [2.05, 4.69) is 39.2 Å². The van der Waals surface area contributed by atoms with E-state index in [0.29, 0.717) is 0 Å². The van der Waals surface area contributed by atoms with Crippen LogP contribution in [0.4, 0.5) is 0 Å². The summed E-state index contributed by atoms with van der Waals surface area (Å²) in [7, 11) is 1.92. The van der Waals surface area contributed by atoms with E-state index in [1.807, 2.05) is 13.2 Å². The zero-order valence-electron chi connectivity index (χ0n) is 6.69. The molecule has 0 bridgehead atoms. The summed E-state index contributed by atoms with van der Waals surface area (Å²) < 4.78 is 1.07. The lowest BCUT2D eigenvalue weighted by molar-refractivity contribution is 0.789. The molecule has 1 rings (SSSR count). The van der Waals surface area contributed by atoms with Crippen LogP contribution >= 0.6 is 15.9 Å². The van der Waals surface area contributed by atoms with Crippen molar-refractivity contribution < 1.29 is 0 Å². The van der Waals surface area contributed by atoms with E-state index in [-0.39, 0.29) is 0 Å². The van der Waals surface area contributed by atoms with E-state index in [9.17, 15) is 0 Å². The van der Waals surface area contributed by atoms with Gasteiger partial charge in [0.15, 0.2) is 0 Å². The second kappa shape index (κ2) is 3.83. The fourth-order valence-corrected chi connectivity index (χ4v) is 1.09. The smallest absolute Gasteiger partial charge is 0.0545 e. The molecule has 1 N–H and O–H groups in total. The number of aryl methyl sites for hydroxylation is 1. The molecule has 0 amide bonds. The average Bonchev–Trinajstić information content (AvgIpc) is 1.98. The Morgan fingerprint density at radius 2 is 2.36 bits per heavy atom. The highest BCUT2D eigenvalue weighted by Crippen LogP contribution is 2.14. The van der Waals surface area contributed by atoms with Gasteiger partial charge in [0, 0.05) is 17.2 Å². The third-order valence-corrected chi connectivity index (χ3v) is 2.29. The molecule has 0 spiro atoms. The number of hydrogen-bond donors (Lipinski definition) is 1. The largest absolute Gasteiger partial charge is 0.314 e. The van der Waals surface area contributed by atoms with Crippen LogP contribution in [-0.2, 0) is 6.54 Å². The molecule has 0 radical (unpaired) electrons. The number of aromatic nitrogens is 1. The van der Waals surface area contributed by atoms with Gasteiger partial charge in [-0.15, -0.1) is 0 Å². The first-order chi connectivity index (χ1) is 5.24. The Morgan fingerprint density at radius 1 is 1.64 bits per heavy atom. The highest BCUT2D eigenvalue weighted by Gasteiger charge is 1.96. The molecule has 0 aliphatic rings. The van der Waals surface area contributed by atoms with Gasteiger partial charge in [0.2, 0.25) is 0 Å². The van der Waals surface area contributed by atoms with Crippen LogP contribution in [0.25, 0.3) is 0 Å². The molecule has 1 aromatic heterocycles. The predicted octanol–water partition coefficient (Wildman–Crippen LogP) is 1.87. The average molecular weight is 215 g/mol. The summed E-state index contributed by atoms with van der Waals surface area (Å²) in [6.45, 7) is 2.89. The number of pyridine rings is 1. The first kappa shape index (κ1) is 8.68. The molecule has 0 aromatic carbocycles. The second-order valence-corrected chi connectivity index (χ2v) is 3.31. The Morgan fingerprint density at radius 3 is 2.91 bits per heavy atom. The van der Waals surface area contributed by atoms with Gasteiger partial charge in [0.05, 0.1) is 5.69 Å². The Hall–Kier alpha value is -0.410. The maximum Gasteiger partial charge on any atom is 0.0545 e. The maximum atomic E-state index is 4.22. The first-order valence-electron chi connectivity index (χ1n) is 3.49. The lowest BCUT2D eigenvalue weighted by Crippen LogP contribution is -2.06. The van der Waals surface area contributed by atoms with Crippen LogP contribution in [-0.4, -0.2) is 12.0 Å². The topological polar surface area (TPSA) is 24.9 Å². The third-order valence-electron chi connectivity index (χ3n) is 1.46. The van der Waals surface area contributed by atoms with Crippen molar-refractivity contribution in [3.8, 4) is 0 Å². The van der Waals surface area contributed by atoms with E-state index in [1.165, 1.54) is 5.56 Å². The maximum absolute atomic E-state index is 4.22. The van der Waals surface area contributed by atoms with Crippen LogP contribution < -0.4 is 5.32 Å². The number of hydrogen-bond acceptors (Lipinski definition) is 2. The highest BCUT2D eigenvalue weighted by molar-refractivity contribution is 9.10. The molecule has 0 fully saturated rings. The molecule has 0 saturated heterocycles. The van der Waals surface area contributed by atoms with Crippen molar-refractivity contribution in [3.05, 3.63) is 28.0 Å². The monoisotopic (exact) mass is 214 g/mol. The van der Waals surface area contributed by atoms with Crippen LogP contribution in [0.1, 0.15) is 11.3 Å². The highest BCUT2D eigenvalue weighted by atomic mass is 79.9. The minimum absolute atomic E-state index is 0.828. The van der Waals surface area contributed by atoms with Crippen LogP contribution in [0.5, 0.6) is 0 Å². The zero-order chi connectivity index (χ0) is 8.27. The van der Waals surface area contributed by atoms with E-state index in [4.69, 9.17) is 0 Å². The van der Waals surface area contributed by atoms with Gasteiger partial charge in [-0.25, -0.2) is 0 Å². The van der Waals surface area contributed by atoms with Gasteiger partial charge in [0.25, 0.3) is 0 Å². The fraction of sp³-hybridized carbons (Fsp3) is 0.375. The van der Waals surface area contributed by atoms with Gasteiger partial charge >= 0.3 is 0 Å². The van der Waals surface area contributed by atoms with Crippen LogP contribution in [0.3, 0.4) is 0 Å². The third kappa shape index (κ3) is 2.27. The summed E-state index contributed by atoms with van der Waals surface area (Å²) in [5, 5.41) is 3.05. The lowest BCUT2D eigenvalue weighted by Gasteiger charge is -2.01. The number of nitrogens with one attached hydrogen (secondary N) is 1. The summed E-state index contributed by atoms with van der Waals surface area (Å²) >= 11 is 3.40. The molecule has 0 atom stereocenters. The van der Waals surface area contributed by atoms with E-state index in [0.717, 1.165) is 16.7 Å². The molecule has 0 aliphatic carbocycles. The van der Waals surface area contributed by atoms with Crippen molar-refractivity contribution in [3.63, 3.8) is 0 Å². The van der Waals surface area contributed by atoms with Gasteiger partial charge in [0.1, 0.15) is 0 Å². The Labute approximate surface area is 75.2 Å². The molecule has 3 heteroatoms. The molecule has 11 heavy (non-hydrogen) atoms. The minimum Gasteiger partial charge on any atom is -0.314 e. The first-order valence-corrected chi connectivity index (χ1v) is 4.29. The molecule has 1 heterocycles. The van der Waals surface area contributed by atoms with Gasteiger partial charge < -0.3 is 5.32 Å². The molecular formula is C8H11BrN2. The summed E-state index contributed by atoms with van der Waals surface area (Å²) in [5.41, 5.74) is 2.30. The van der Waals surface area contributed by atoms with Gasteiger partial charge in [-0.3, -0.25) is 4.98 Å². The van der Waals surface area contributed by atoms with Crippen molar-refractivity contribution in [2.75, 3.05) is 7.05 Å².